The molecule has 0 aromatic carbocycles. The molecule has 0 saturated carbocycles. The van der Waals surface area contributed by atoms with Gasteiger partial charge >= 0.3 is 0 Å². The van der Waals surface area contributed by atoms with Crippen LogP contribution in [0.15, 0.2) is 4.99 Å². The van der Waals surface area contributed by atoms with Gasteiger partial charge in [0, 0.05) is 32.9 Å². The fraction of sp³-hybridized carbons (Fsp3) is 0.909. The van der Waals surface area contributed by atoms with E-state index in [0.29, 0.717) is 6.54 Å². The van der Waals surface area contributed by atoms with Crippen molar-refractivity contribution in [3.63, 3.8) is 0 Å². The van der Waals surface area contributed by atoms with Gasteiger partial charge in [0.1, 0.15) is 0 Å². The number of hydrogen-bond donors (Lipinski definition) is 1. The van der Waals surface area contributed by atoms with Gasteiger partial charge < -0.3 is 10.2 Å². The highest BCUT2D eigenvalue weighted by atomic mass is 32.2. The van der Waals surface area contributed by atoms with E-state index in [-0.39, 0.29) is 11.5 Å². The van der Waals surface area contributed by atoms with Crippen molar-refractivity contribution in [2.45, 2.75) is 26.7 Å². The van der Waals surface area contributed by atoms with Crippen molar-refractivity contribution in [3.8, 4) is 0 Å². The molecule has 0 spiro atoms. The Bertz CT molecular complexity index is 326. The van der Waals surface area contributed by atoms with Crippen LogP contribution in [0.2, 0.25) is 0 Å². The Morgan fingerprint density at radius 2 is 2.00 bits per heavy atom. The van der Waals surface area contributed by atoms with Crippen LogP contribution in [0, 0.1) is 0 Å². The SMILES string of the molecule is CCCCN(C)C(=NC)NCCS(=O)(=O)CC. The summed E-state index contributed by atoms with van der Waals surface area (Å²) < 4.78 is 22.6. The minimum absolute atomic E-state index is 0.157. The first kappa shape index (κ1) is 16.2. The maximum atomic E-state index is 11.3. The Balaban J connectivity index is 4.08. The van der Waals surface area contributed by atoms with Crippen LogP contribution in [-0.2, 0) is 9.84 Å². The van der Waals surface area contributed by atoms with Gasteiger partial charge in [-0.05, 0) is 6.42 Å². The zero-order chi connectivity index (χ0) is 13.3. The summed E-state index contributed by atoms with van der Waals surface area (Å²) in [5.74, 6) is 1.10. The van der Waals surface area contributed by atoms with Crippen LogP contribution in [-0.4, -0.2) is 58.0 Å². The Kier molecular flexibility index (Phi) is 7.95. The molecule has 0 bridgehead atoms. The third-order valence-electron chi connectivity index (χ3n) is 2.56. The average molecular weight is 263 g/mol. The number of nitrogens with one attached hydrogen (secondary N) is 1. The molecule has 0 fully saturated rings. The summed E-state index contributed by atoms with van der Waals surface area (Å²) in [6, 6.07) is 0. The smallest absolute Gasteiger partial charge is 0.193 e. The summed E-state index contributed by atoms with van der Waals surface area (Å²) in [6.07, 6.45) is 2.23. The van der Waals surface area contributed by atoms with E-state index in [0.717, 1.165) is 25.3 Å². The second-order valence-corrected chi connectivity index (χ2v) is 6.46. The minimum atomic E-state index is -2.90. The molecule has 0 aliphatic heterocycles. The maximum absolute atomic E-state index is 11.3. The molecule has 0 aliphatic rings. The number of sulfone groups is 1. The van der Waals surface area contributed by atoms with Gasteiger partial charge in [-0.25, -0.2) is 8.42 Å². The van der Waals surface area contributed by atoms with Gasteiger partial charge in [0.25, 0.3) is 0 Å². The highest BCUT2D eigenvalue weighted by Crippen LogP contribution is 1.93. The lowest BCUT2D eigenvalue weighted by molar-refractivity contribution is 0.466. The molecule has 0 aromatic rings. The first-order valence-corrected chi connectivity index (χ1v) is 7.91. The molecule has 0 unspecified atom stereocenters. The molecular formula is C11H25N3O2S. The molecule has 1 N–H and O–H groups in total. The zero-order valence-electron chi connectivity index (χ0n) is 11.4. The van der Waals surface area contributed by atoms with Crippen molar-refractivity contribution < 1.29 is 8.42 Å². The van der Waals surface area contributed by atoms with Gasteiger partial charge in [-0.2, -0.15) is 0 Å². The van der Waals surface area contributed by atoms with E-state index < -0.39 is 9.84 Å². The van der Waals surface area contributed by atoms with Crippen molar-refractivity contribution in [2.75, 3.05) is 38.7 Å². The van der Waals surface area contributed by atoms with Crippen LogP contribution in [0.5, 0.6) is 0 Å². The number of nitrogens with zero attached hydrogens (tertiary/aromatic N) is 2. The fourth-order valence-corrected chi connectivity index (χ4v) is 2.05. The summed E-state index contributed by atoms with van der Waals surface area (Å²) in [6.45, 7) is 5.14. The minimum Gasteiger partial charge on any atom is -0.355 e. The molecule has 0 aromatic heterocycles. The van der Waals surface area contributed by atoms with E-state index in [4.69, 9.17) is 0 Å². The number of aliphatic imine (C=N–C) groups is 1. The van der Waals surface area contributed by atoms with Crippen LogP contribution in [0.25, 0.3) is 0 Å². The van der Waals surface area contributed by atoms with E-state index >= 15 is 0 Å². The van der Waals surface area contributed by atoms with Gasteiger partial charge in [-0.1, -0.05) is 20.3 Å². The summed E-state index contributed by atoms with van der Waals surface area (Å²) >= 11 is 0. The quantitative estimate of drug-likeness (QED) is 0.543. The summed E-state index contributed by atoms with van der Waals surface area (Å²) in [5, 5.41) is 3.07. The largest absolute Gasteiger partial charge is 0.355 e. The van der Waals surface area contributed by atoms with Gasteiger partial charge in [-0.15, -0.1) is 0 Å². The predicted octanol–water partition coefficient (Wildman–Crippen LogP) is 0.728. The second kappa shape index (κ2) is 8.33. The molecule has 0 aliphatic carbocycles. The van der Waals surface area contributed by atoms with Gasteiger partial charge in [-0.3, -0.25) is 4.99 Å². The lowest BCUT2D eigenvalue weighted by Gasteiger charge is -2.21. The van der Waals surface area contributed by atoms with E-state index in [9.17, 15) is 8.42 Å². The van der Waals surface area contributed by atoms with E-state index in [1.54, 1.807) is 14.0 Å². The molecule has 0 saturated heterocycles. The highest BCUT2D eigenvalue weighted by Gasteiger charge is 2.09. The molecule has 0 radical (unpaired) electrons. The fourth-order valence-electron chi connectivity index (χ4n) is 1.35. The molecule has 0 heterocycles. The molecule has 0 rings (SSSR count). The summed E-state index contributed by atoms with van der Waals surface area (Å²) in [5.41, 5.74) is 0. The Morgan fingerprint density at radius 1 is 1.35 bits per heavy atom. The van der Waals surface area contributed by atoms with Crippen LogP contribution in [0.3, 0.4) is 0 Å². The van der Waals surface area contributed by atoms with Crippen molar-refractivity contribution >= 4 is 15.8 Å². The molecule has 102 valence electrons. The van der Waals surface area contributed by atoms with E-state index in [1.165, 1.54) is 0 Å². The zero-order valence-corrected chi connectivity index (χ0v) is 12.2. The third-order valence-corrected chi connectivity index (χ3v) is 4.26. The molecule has 6 heteroatoms. The first-order chi connectivity index (χ1) is 7.96. The normalized spacial score (nSPS) is 12.6. The number of rotatable bonds is 7. The molecular weight excluding hydrogens is 238 g/mol. The van der Waals surface area contributed by atoms with Crippen molar-refractivity contribution in [1.82, 2.24) is 10.2 Å². The summed E-state index contributed by atoms with van der Waals surface area (Å²) in [7, 11) is 0.763. The number of guanidine groups is 1. The van der Waals surface area contributed by atoms with Crippen LogP contribution in [0.4, 0.5) is 0 Å². The molecule has 17 heavy (non-hydrogen) atoms. The Morgan fingerprint density at radius 3 is 2.47 bits per heavy atom. The molecule has 0 atom stereocenters. The maximum Gasteiger partial charge on any atom is 0.193 e. The second-order valence-electron chi connectivity index (χ2n) is 3.99. The Labute approximate surface area is 105 Å². The topological polar surface area (TPSA) is 61.8 Å². The van der Waals surface area contributed by atoms with Gasteiger partial charge in [0.2, 0.25) is 0 Å². The van der Waals surface area contributed by atoms with E-state index in [2.05, 4.69) is 17.2 Å². The monoisotopic (exact) mass is 263 g/mol. The van der Waals surface area contributed by atoms with Crippen LogP contribution < -0.4 is 5.32 Å². The van der Waals surface area contributed by atoms with Crippen LogP contribution >= 0.6 is 0 Å². The number of unbranched alkanes of at least 4 members (excludes halogenated alkanes) is 1. The first-order valence-electron chi connectivity index (χ1n) is 6.09. The van der Waals surface area contributed by atoms with Gasteiger partial charge in [0.05, 0.1) is 5.75 Å². The van der Waals surface area contributed by atoms with Crippen molar-refractivity contribution in [2.24, 2.45) is 4.99 Å². The Hall–Kier alpha value is -0.780. The predicted molar refractivity (Wildman–Crippen MR) is 73.2 cm³/mol. The molecule has 0 amide bonds. The van der Waals surface area contributed by atoms with E-state index in [1.807, 2.05) is 11.9 Å². The average Bonchev–Trinajstić information content (AvgIpc) is 2.31. The van der Waals surface area contributed by atoms with Gasteiger partial charge in [0.15, 0.2) is 15.8 Å². The summed E-state index contributed by atoms with van der Waals surface area (Å²) in [4.78, 5) is 6.14. The van der Waals surface area contributed by atoms with Crippen molar-refractivity contribution in [3.05, 3.63) is 0 Å². The highest BCUT2D eigenvalue weighted by molar-refractivity contribution is 7.91. The standard InChI is InChI=1S/C11H25N3O2S/c1-5-7-9-14(4)11(12-3)13-8-10-17(15,16)6-2/h5-10H2,1-4H3,(H,12,13). The third kappa shape index (κ3) is 7.20. The lowest BCUT2D eigenvalue weighted by atomic mass is 10.3. The lowest BCUT2D eigenvalue weighted by Crippen LogP contribution is -2.41. The van der Waals surface area contributed by atoms with Crippen molar-refractivity contribution in [1.29, 1.82) is 0 Å². The van der Waals surface area contributed by atoms with Crippen LogP contribution in [0.1, 0.15) is 26.7 Å². The number of hydrogen-bond acceptors (Lipinski definition) is 3. The molecule has 5 nitrogen and oxygen atoms in total.